The molecule has 0 fully saturated rings. The summed E-state index contributed by atoms with van der Waals surface area (Å²) in [5, 5.41) is 8.35. The Bertz CT molecular complexity index is 586. The molecule has 0 atom stereocenters. The lowest BCUT2D eigenvalue weighted by Crippen LogP contribution is -2.15. The van der Waals surface area contributed by atoms with Crippen LogP contribution >= 0.6 is 11.6 Å². The van der Waals surface area contributed by atoms with Crippen molar-refractivity contribution < 1.29 is 23.1 Å². The van der Waals surface area contributed by atoms with E-state index in [0.717, 1.165) is 12.4 Å². The Morgan fingerprint density at radius 3 is 2.62 bits per heavy atom. The Balaban J connectivity index is 3.40. The third-order valence-corrected chi connectivity index (χ3v) is 2.84. The van der Waals surface area contributed by atoms with Crippen molar-refractivity contribution in [2.24, 2.45) is 4.99 Å². The second-order valence-electron chi connectivity index (χ2n) is 4.10. The average Bonchev–Trinajstić information content (AvgIpc) is 2.35. The molecule has 1 rings (SSSR count). The fourth-order valence-electron chi connectivity index (χ4n) is 1.49. The van der Waals surface area contributed by atoms with E-state index in [1.807, 2.05) is 0 Å². The van der Waals surface area contributed by atoms with Crippen molar-refractivity contribution >= 4 is 29.6 Å². The Hall–Kier alpha value is -2.02. The maximum Gasteiger partial charge on any atom is 0.418 e. The zero-order valence-corrected chi connectivity index (χ0v) is 11.7. The van der Waals surface area contributed by atoms with Crippen molar-refractivity contribution in [2.75, 3.05) is 13.6 Å². The average molecular weight is 321 g/mol. The quantitative estimate of drug-likeness (QED) is 0.509. The lowest BCUT2D eigenvalue weighted by molar-refractivity contribution is -0.137. The van der Waals surface area contributed by atoms with Gasteiger partial charge in [-0.25, -0.2) is 9.79 Å². The number of carboxylic acid groups (broad SMARTS) is 1. The van der Waals surface area contributed by atoms with Gasteiger partial charge < -0.3 is 10.0 Å². The standard InChI is InChI=1S/C13H12ClF3N2O2/c1-3-6-19(2)7-18-11-9(13(15,16)17)5-4-8(10(11)14)12(20)21/h3-5,7H,1,6H2,2H3,(H,20,21)/b18-7+. The molecule has 0 radical (unpaired) electrons. The molecule has 0 spiro atoms. The summed E-state index contributed by atoms with van der Waals surface area (Å²) < 4.78 is 38.8. The largest absolute Gasteiger partial charge is 0.478 e. The number of halogens is 4. The first-order valence-electron chi connectivity index (χ1n) is 5.66. The van der Waals surface area contributed by atoms with Crippen LogP contribution in [0.25, 0.3) is 0 Å². The van der Waals surface area contributed by atoms with Crippen LogP contribution in [-0.4, -0.2) is 35.9 Å². The monoisotopic (exact) mass is 320 g/mol. The minimum Gasteiger partial charge on any atom is -0.478 e. The summed E-state index contributed by atoms with van der Waals surface area (Å²) in [6, 6.07) is 1.45. The van der Waals surface area contributed by atoms with Crippen LogP contribution in [0.15, 0.2) is 29.8 Å². The van der Waals surface area contributed by atoms with Crippen molar-refractivity contribution in [1.29, 1.82) is 0 Å². The molecule has 1 aromatic rings. The number of hydrogen-bond donors (Lipinski definition) is 1. The van der Waals surface area contributed by atoms with Gasteiger partial charge in [0.15, 0.2) is 0 Å². The van der Waals surface area contributed by atoms with E-state index in [4.69, 9.17) is 16.7 Å². The molecule has 0 heterocycles. The van der Waals surface area contributed by atoms with Gasteiger partial charge in [0, 0.05) is 13.6 Å². The summed E-state index contributed by atoms with van der Waals surface area (Å²) in [5.41, 5.74) is -2.16. The van der Waals surface area contributed by atoms with Gasteiger partial charge in [0.1, 0.15) is 0 Å². The highest BCUT2D eigenvalue weighted by Gasteiger charge is 2.35. The number of likely N-dealkylation sites (N-methyl/N-ethyl adjacent to an activating group) is 1. The van der Waals surface area contributed by atoms with E-state index < -0.39 is 34.0 Å². The van der Waals surface area contributed by atoms with Crippen molar-refractivity contribution in [3.05, 3.63) is 40.9 Å². The third kappa shape index (κ3) is 4.22. The molecule has 0 aliphatic heterocycles. The number of alkyl halides is 3. The Morgan fingerprint density at radius 1 is 1.52 bits per heavy atom. The lowest BCUT2D eigenvalue weighted by Gasteiger charge is -2.14. The molecule has 1 N–H and O–H groups in total. The van der Waals surface area contributed by atoms with Crippen molar-refractivity contribution in [2.45, 2.75) is 6.18 Å². The number of aliphatic imine (C=N–C) groups is 1. The number of carboxylic acids is 1. The Kier molecular flexibility index (Phi) is 5.37. The number of rotatable bonds is 5. The third-order valence-electron chi connectivity index (χ3n) is 2.45. The molecule has 1 aromatic carbocycles. The second kappa shape index (κ2) is 6.62. The fraction of sp³-hybridized carbons (Fsp3) is 0.231. The SMILES string of the molecule is C=CCN(C)/C=N/c1c(C(F)(F)F)ccc(C(=O)O)c1Cl. The highest BCUT2D eigenvalue weighted by Crippen LogP contribution is 2.41. The number of benzene rings is 1. The zero-order chi connectivity index (χ0) is 16.2. The van der Waals surface area contributed by atoms with E-state index in [9.17, 15) is 18.0 Å². The topological polar surface area (TPSA) is 52.9 Å². The van der Waals surface area contributed by atoms with Gasteiger partial charge >= 0.3 is 12.1 Å². The highest BCUT2D eigenvalue weighted by atomic mass is 35.5. The lowest BCUT2D eigenvalue weighted by atomic mass is 10.1. The molecule has 0 aliphatic rings. The van der Waals surface area contributed by atoms with E-state index >= 15 is 0 Å². The van der Waals surface area contributed by atoms with Crippen LogP contribution in [0.5, 0.6) is 0 Å². The summed E-state index contributed by atoms with van der Waals surface area (Å²) in [6.45, 7) is 3.84. The van der Waals surface area contributed by atoms with Crippen LogP contribution in [0.3, 0.4) is 0 Å². The summed E-state index contributed by atoms with van der Waals surface area (Å²) >= 11 is 5.74. The normalized spacial score (nSPS) is 11.7. The van der Waals surface area contributed by atoms with Crippen molar-refractivity contribution in [3.8, 4) is 0 Å². The second-order valence-corrected chi connectivity index (χ2v) is 4.48. The predicted molar refractivity (Wildman–Crippen MR) is 74.4 cm³/mol. The van der Waals surface area contributed by atoms with Crippen LogP contribution in [-0.2, 0) is 6.18 Å². The number of nitrogens with zero attached hydrogens (tertiary/aromatic N) is 2. The molecule has 0 aromatic heterocycles. The van der Waals surface area contributed by atoms with Gasteiger partial charge in [0.25, 0.3) is 0 Å². The molecule has 8 heteroatoms. The molecule has 0 unspecified atom stereocenters. The predicted octanol–water partition coefficient (Wildman–Crippen LogP) is 3.83. The highest BCUT2D eigenvalue weighted by molar-refractivity contribution is 6.36. The van der Waals surface area contributed by atoms with E-state index in [0.29, 0.717) is 12.6 Å². The fourth-order valence-corrected chi connectivity index (χ4v) is 1.79. The summed E-state index contributed by atoms with van der Waals surface area (Å²) in [7, 11) is 1.58. The van der Waals surface area contributed by atoms with Crippen LogP contribution < -0.4 is 0 Å². The number of carbonyl (C=O) groups is 1. The molecule has 114 valence electrons. The van der Waals surface area contributed by atoms with E-state index in [2.05, 4.69) is 11.6 Å². The zero-order valence-electron chi connectivity index (χ0n) is 11.0. The van der Waals surface area contributed by atoms with E-state index in [1.54, 1.807) is 7.05 Å². The summed E-state index contributed by atoms with van der Waals surface area (Å²) in [5.74, 6) is -1.43. The summed E-state index contributed by atoms with van der Waals surface area (Å²) in [6.07, 6.45) is -2.03. The molecule has 0 saturated carbocycles. The van der Waals surface area contributed by atoms with Crippen molar-refractivity contribution in [1.82, 2.24) is 4.90 Å². The maximum absolute atomic E-state index is 12.9. The first kappa shape index (κ1) is 17.0. The van der Waals surface area contributed by atoms with Gasteiger partial charge in [-0.3, -0.25) is 0 Å². The molecule has 0 saturated heterocycles. The van der Waals surface area contributed by atoms with E-state index in [-0.39, 0.29) is 0 Å². The smallest absolute Gasteiger partial charge is 0.418 e. The maximum atomic E-state index is 12.9. The van der Waals surface area contributed by atoms with Crippen LogP contribution in [0, 0.1) is 0 Å². The van der Waals surface area contributed by atoms with Gasteiger partial charge in [-0.05, 0) is 12.1 Å². The molecular formula is C13H12ClF3N2O2. The van der Waals surface area contributed by atoms with Crippen LogP contribution in [0.4, 0.5) is 18.9 Å². The van der Waals surface area contributed by atoms with Gasteiger partial charge in [-0.2, -0.15) is 13.2 Å². The van der Waals surface area contributed by atoms with Crippen LogP contribution in [0.2, 0.25) is 5.02 Å². The molecule has 0 bridgehead atoms. The van der Waals surface area contributed by atoms with Gasteiger partial charge in [0.05, 0.1) is 28.2 Å². The van der Waals surface area contributed by atoms with Crippen molar-refractivity contribution in [3.63, 3.8) is 0 Å². The molecule has 0 aliphatic carbocycles. The van der Waals surface area contributed by atoms with Crippen LogP contribution in [0.1, 0.15) is 15.9 Å². The minimum absolute atomic E-state index is 0.362. The number of aromatic carboxylic acids is 1. The Labute approximate surface area is 124 Å². The molecular weight excluding hydrogens is 309 g/mol. The Morgan fingerprint density at radius 2 is 2.14 bits per heavy atom. The van der Waals surface area contributed by atoms with Gasteiger partial charge in [-0.15, -0.1) is 6.58 Å². The first-order valence-corrected chi connectivity index (χ1v) is 6.04. The molecule has 0 amide bonds. The number of hydrogen-bond acceptors (Lipinski definition) is 2. The minimum atomic E-state index is -4.69. The van der Waals surface area contributed by atoms with Gasteiger partial charge in [-0.1, -0.05) is 17.7 Å². The first-order chi connectivity index (χ1) is 9.68. The molecule has 4 nitrogen and oxygen atoms in total. The molecule has 21 heavy (non-hydrogen) atoms. The van der Waals surface area contributed by atoms with Gasteiger partial charge in [0.2, 0.25) is 0 Å². The van der Waals surface area contributed by atoms with E-state index in [1.165, 1.54) is 11.0 Å². The summed E-state index contributed by atoms with van der Waals surface area (Å²) in [4.78, 5) is 16.1.